The summed E-state index contributed by atoms with van der Waals surface area (Å²) in [6.45, 7) is 13.0. The zero-order valence-corrected chi connectivity index (χ0v) is 17.2. The fraction of sp³-hybridized carbons (Fsp3) is 0.700. The number of carbonyl (C=O) groups excluding carboxylic acids is 1. The Labute approximate surface area is 162 Å². The number of rotatable bonds is 9. The number of aromatic nitrogens is 1. The van der Waals surface area contributed by atoms with E-state index in [9.17, 15) is 4.79 Å². The average molecular weight is 380 g/mol. The molecule has 7 nitrogen and oxygen atoms in total. The molecule has 0 bridgehead atoms. The summed E-state index contributed by atoms with van der Waals surface area (Å²) < 4.78 is 16.5. The van der Waals surface area contributed by atoms with Crippen LogP contribution >= 0.6 is 0 Å². The summed E-state index contributed by atoms with van der Waals surface area (Å²) in [4.78, 5) is 14.8. The Morgan fingerprint density at radius 1 is 1.52 bits per heavy atom. The highest BCUT2D eigenvalue weighted by Crippen LogP contribution is 2.23. The molecule has 2 heterocycles. The van der Waals surface area contributed by atoms with Crippen molar-refractivity contribution in [2.75, 3.05) is 25.6 Å². The number of nitrogens with zero attached hydrogens (tertiary/aromatic N) is 2. The van der Waals surface area contributed by atoms with Crippen LogP contribution in [0.5, 0.6) is 0 Å². The van der Waals surface area contributed by atoms with Crippen LogP contribution in [0, 0.1) is 0 Å². The Kier molecular flexibility index (Phi) is 7.59. The van der Waals surface area contributed by atoms with Crippen LogP contribution in [0.3, 0.4) is 0 Å². The van der Waals surface area contributed by atoms with E-state index in [4.69, 9.17) is 14.0 Å². The molecule has 0 saturated carbocycles. The first kappa shape index (κ1) is 21.6. The number of carbonyl (C=O) groups is 1. The summed E-state index contributed by atoms with van der Waals surface area (Å²) in [5.41, 5.74) is 0.569. The predicted octanol–water partition coefficient (Wildman–Crippen LogP) is 3.68. The Morgan fingerprint density at radius 3 is 2.89 bits per heavy atom. The fourth-order valence-electron chi connectivity index (χ4n) is 2.86. The van der Waals surface area contributed by atoms with Gasteiger partial charge in [-0.05, 0) is 59.1 Å². The molecule has 1 unspecified atom stereocenters. The van der Waals surface area contributed by atoms with Crippen LogP contribution in [0.1, 0.15) is 59.1 Å². The molecule has 2 rings (SSSR count). The number of amides is 1. The van der Waals surface area contributed by atoms with Crippen LogP contribution in [0.2, 0.25) is 0 Å². The molecule has 0 aromatic carbocycles. The van der Waals surface area contributed by atoms with Crippen molar-refractivity contribution in [2.45, 2.75) is 71.2 Å². The molecule has 152 valence electrons. The third kappa shape index (κ3) is 5.64. The first-order valence-corrected chi connectivity index (χ1v) is 9.68. The van der Waals surface area contributed by atoms with Gasteiger partial charge in [-0.15, -0.1) is 0 Å². The molecule has 0 spiro atoms. The lowest BCUT2D eigenvalue weighted by molar-refractivity contribution is -0.154. The summed E-state index contributed by atoms with van der Waals surface area (Å²) >= 11 is 0. The van der Waals surface area contributed by atoms with Gasteiger partial charge in [0.25, 0.3) is 0 Å². The van der Waals surface area contributed by atoms with Crippen molar-refractivity contribution < 1.29 is 18.8 Å². The normalized spacial score (nSPS) is 19.1. The minimum Gasteiger partial charge on any atom is -0.353 e. The molecule has 2 atom stereocenters. The third-order valence-corrected chi connectivity index (χ3v) is 5.38. The molecule has 1 N–H and O–H groups in total. The fourth-order valence-corrected chi connectivity index (χ4v) is 2.86. The van der Waals surface area contributed by atoms with Gasteiger partial charge in [0.15, 0.2) is 6.29 Å². The molecular formula is C20H33N3O4. The zero-order chi connectivity index (χ0) is 20.0. The molecule has 0 aliphatic carbocycles. The molecule has 1 aliphatic heterocycles. The quantitative estimate of drug-likeness (QED) is 0.705. The summed E-state index contributed by atoms with van der Waals surface area (Å²) in [7, 11) is 1.95. The van der Waals surface area contributed by atoms with Crippen molar-refractivity contribution in [3.05, 3.63) is 18.3 Å². The topological polar surface area (TPSA) is 76.8 Å². The van der Waals surface area contributed by atoms with Crippen molar-refractivity contribution in [1.82, 2.24) is 10.1 Å². The van der Waals surface area contributed by atoms with Crippen LogP contribution in [0.15, 0.2) is 17.2 Å². The molecule has 1 aromatic heterocycles. The van der Waals surface area contributed by atoms with E-state index in [0.29, 0.717) is 23.8 Å². The maximum Gasteiger partial charge on any atom is 0.246 e. The lowest BCUT2D eigenvalue weighted by Gasteiger charge is -2.37. The van der Waals surface area contributed by atoms with E-state index in [1.54, 1.807) is 6.07 Å². The SMILES string of the molecule is C=C(COC1CCCCO1)c1cc(NC(=O)C(C)(C)N(C)[C@@H](C)CC)on1. The average Bonchev–Trinajstić information content (AvgIpc) is 3.14. The van der Waals surface area contributed by atoms with Crippen molar-refractivity contribution in [2.24, 2.45) is 0 Å². The van der Waals surface area contributed by atoms with E-state index in [2.05, 4.69) is 35.8 Å². The highest BCUT2D eigenvalue weighted by molar-refractivity contribution is 5.96. The summed E-state index contributed by atoms with van der Waals surface area (Å²) in [6, 6.07) is 1.96. The van der Waals surface area contributed by atoms with Gasteiger partial charge in [-0.1, -0.05) is 18.7 Å². The highest BCUT2D eigenvalue weighted by Gasteiger charge is 2.35. The van der Waals surface area contributed by atoms with E-state index in [0.717, 1.165) is 32.3 Å². The number of anilines is 1. The van der Waals surface area contributed by atoms with Gasteiger partial charge in [-0.25, -0.2) is 0 Å². The van der Waals surface area contributed by atoms with Crippen molar-refractivity contribution in [3.8, 4) is 0 Å². The van der Waals surface area contributed by atoms with E-state index in [1.165, 1.54) is 0 Å². The van der Waals surface area contributed by atoms with Gasteiger partial charge in [-0.2, -0.15) is 0 Å². The number of hydrogen-bond donors (Lipinski definition) is 1. The molecular weight excluding hydrogens is 346 g/mol. The van der Waals surface area contributed by atoms with Crippen LogP contribution in [-0.4, -0.2) is 54.1 Å². The van der Waals surface area contributed by atoms with Crippen molar-refractivity contribution >= 4 is 17.4 Å². The molecule has 1 fully saturated rings. The van der Waals surface area contributed by atoms with Crippen LogP contribution in [0.4, 0.5) is 5.88 Å². The first-order valence-electron chi connectivity index (χ1n) is 9.68. The summed E-state index contributed by atoms with van der Waals surface area (Å²) in [5.74, 6) is 0.154. The van der Waals surface area contributed by atoms with Gasteiger partial charge in [0.1, 0.15) is 5.69 Å². The summed E-state index contributed by atoms with van der Waals surface area (Å²) in [5, 5.41) is 6.79. The van der Waals surface area contributed by atoms with Gasteiger partial charge in [0.05, 0.1) is 12.1 Å². The van der Waals surface area contributed by atoms with Crippen LogP contribution < -0.4 is 5.32 Å². The van der Waals surface area contributed by atoms with E-state index in [-0.39, 0.29) is 18.2 Å². The predicted molar refractivity (Wildman–Crippen MR) is 105 cm³/mol. The first-order chi connectivity index (χ1) is 12.8. The highest BCUT2D eigenvalue weighted by atomic mass is 16.7. The molecule has 1 saturated heterocycles. The number of likely N-dealkylation sites (N-methyl/N-ethyl adjacent to an activating group) is 1. The lowest BCUT2D eigenvalue weighted by Crippen LogP contribution is -2.53. The lowest BCUT2D eigenvalue weighted by atomic mass is 9.99. The molecule has 0 radical (unpaired) electrons. The van der Waals surface area contributed by atoms with Gasteiger partial charge in [0, 0.05) is 18.7 Å². The maximum atomic E-state index is 12.7. The van der Waals surface area contributed by atoms with E-state index >= 15 is 0 Å². The molecule has 1 aromatic rings. The van der Waals surface area contributed by atoms with Gasteiger partial charge in [-0.3, -0.25) is 15.0 Å². The number of hydrogen-bond acceptors (Lipinski definition) is 6. The Balaban J connectivity index is 1.90. The maximum absolute atomic E-state index is 12.7. The van der Waals surface area contributed by atoms with Crippen molar-refractivity contribution in [3.63, 3.8) is 0 Å². The molecule has 7 heteroatoms. The standard InChI is InChI=1S/C20H33N3O4/c1-7-15(3)23(6)20(4,5)19(24)21-17-12-16(22-27-17)14(2)13-26-18-10-8-9-11-25-18/h12,15,18H,2,7-11,13H2,1,3-6H3,(H,21,24)/t15-,18?/m0/s1. The van der Waals surface area contributed by atoms with E-state index in [1.807, 2.05) is 20.9 Å². The van der Waals surface area contributed by atoms with Crippen LogP contribution in [-0.2, 0) is 14.3 Å². The van der Waals surface area contributed by atoms with Gasteiger partial charge >= 0.3 is 0 Å². The van der Waals surface area contributed by atoms with Crippen molar-refractivity contribution in [1.29, 1.82) is 0 Å². The largest absolute Gasteiger partial charge is 0.353 e. The number of nitrogens with one attached hydrogen (secondary N) is 1. The monoisotopic (exact) mass is 379 g/mol. The Hall–Kier alpha value is -1.70. The Morgan fingerprint density at radius 2 is 2.26 bits per heavy atom. The van der Waals surface area contributed by atoms with Crippen LogP contribution in [0.25, 0.3) is 5.57 Å². The molecule has 27 heavy (non-hydrogen) atoms. The smallest absolute Gasteiger partial charge is 0.246 e. The third-order valence-electron chi connectivity index (χ3n) is 5.38. The van der Waals surface area contributed by atoms with E-state index < -0.39 is 5.54 Å². The second-order valence-electron chi connectivity index (χ2n) is 7.67. The molecule has 1 amide bonds. The second-order valence-corrected chi connectivity index (χ2v) is 7.67. The zero-order valence-electron chi connectivity index (χ0n) is 17.2. The minimum atomic E-state index is -0.680. The van der Waals surface area contributed by atoms with Gasteiger partial charge in [0.2, 0.25) is 11.8 Å². The second kappa shape index (κ2) is 9.48. The molecule has 1 aliphatic rings. The minimum absolute atomic E-state index is 0.148. The number of ether oxygens (including phenoxy) is 2. The van der Waals surface area contributed by atoms with Gasteiger partial charge < -0.3 is 14.0 Å². The Bertz CT molecular complexity index is 635. The summed E-state index contributed by atoms with van der Waals surface area (Å²) in [6.07, 6.45) is 3.86.